The Morgan fingerprint density at radius 1 is 1.44 bits per heavy atom. The molecule has 2 unspecified atom stereocenters. The molecule has 1 heterocycles. The zero-order chi connectivity index (χ0) is 13.9. The predicted molar refractivity (Wildman–Crippen MR) is 73.0 cm³/mol. The molecule has 1 aliphatic heterocycles. The van der Waals surface area contributed by atoms with Gasteiger partial charge < -0.3 is 14.9 Å². The number of hydrogen-bond acceptors (Lipinski definition) is 3. The number of urea groups is 1. The van der Waals surface area contributed by atoms with Crippen molar-refractivity contribution in [2.45, 2.75) is 45.0 Å². The lowest BCUT2D eigenvalue weighted by molar-refractivity contribution is -0.138. The third-order valence-corrected chi connectivity index (χ3v) is 4.64. The van der Waals surface area contributed by atoms with Gasteiger partial charge in [0.25, 0.3) is 0 Å². The van der Waals surface area contributed by atoms with Crippen LogP contribution in [0.2, 0.25) is 0 Å². The first-order chi connectivity index (χ1) is 8.34. The van der Waals surface area contributed by atoms with E-state index in [-0.39, 0.29) is 24.7 Å². The summed E-state index contributed by atoms with van der Waals surface area (Å²) in [5.74, 6) is -0.0554. The number of amides is 2. The molecule has 18 heavy (non-hydrogen) atoms. The first-order valence-electron chi connectivity index (χ1n) is 6.25. The summed E-state index contributed by atoms with van der Waals surface area (Å²) >= 11 is 1.85. The average molecular weight is 274 g/mol. The minimum absolute atomic E-state index is 0.106. The second kappa shape index (κ2) is 6.31. The van der Waals surface area contributed by atoms with Crippen LogP contribution in [0, 0.1) is 0 Å². The molecule has 1 rings (SSSR count). The van der Waals surface area contributed by atoms with Gasteiger partial charge in [0.1, 0.15) is 6.54 Å². The van der Waals surface area contributed by atoms with Gasteiger partial charge in [-0.05, 0) is 20.8 Å². The Morgan fingerprint density at radius 2 is 2.06 bits per heavy atom. The van der Waals surface area contributed by atoms with Crippen LogP contribution in [-0.2, 0) is 4.79 Å². The van der Waals surface area contributed by atoms with Crippen LogP contribution in [0.15, 0.2) is 0 Å². The van der Waals surface area contributed by atoms with Gasteiger partial charge in [-0.15, -0.1) is 0 Å². The summed E-state index contributed by atoms with van der Waals surface area (Å²) in [6, 6.07) is -0.121. The molecule has 2 amide bonds. The zero-order valence-corrected chi connectivity index (χ0v) is 12.2. The van der Waals surface area contributed by atoms with Crippen LogP contribution in [0.5, 0.6) is 0 Å². The van der Waals surface area contributed by atoms with Crippen LogP contribution in [0.25, 0.3) is 0 Å². The van der Waals surface area contributed by atoms with Gasteiger partial charge in [-0.3, -0.25) is 4.79 Å². The zero-order valence-electron chi connectivity index (χ0n) is 11.4. The van der Waals surface area contributed by atoms with Gasteiger partial charge in [0, 0.05) is 29.6 Å². The van der Waals surface area contributed by atoms with Gasteiger partial charge >= 0.3 is 12.0 Å². The van der Waals surface area contributed by atoms with Gasteiger partial charge in [0.2, 0.25) is 0 Å². The average Bonchev–Trinajstić information content (AvgIpc) is 2.28. The first-order valence-corrected chi connectivity index (χ1v) is 7.30. The van der Waals surface area contributed by atoms with Crippen molar-refractivity contribution in [3.8, 4) is 0 Å². The SMILES string of the molecule is CC1SCCN(C(=O)N(CC(=O)O)C(C)C)C1C. The van der Waals surface area contributed by atoms with Gasteiger partial charge in [0.05, 0.1) is 0 Å². The molecule has 6 heteroatoms. The highest BCUT2D eigenvalue weighted by molar-refractivity contribution is 8.00. The molecule has 1 saturated heterocycles. The van der Waals surface area contributed by atoms with E-state index in [0.29, 0.717) is 11.8 Å². The predicted octanol–water partition coefficient (Wildman–Crippen LogP) is 1.73. The third-order valence-electron chi connectivity index (χ3n) is 3.30. The second-order valence-corrected chi connectivity index (χ2v) is 6.39. The standard InChI is InChI=1S/C12H22N2O3S/c1-8(2)14(7-11(15)16)12(17)13-5-6-18-10(4)9(13)3/h8-10H,5-7H2,1-4H3,(H,15,16). The Morgan fingerprint density at radius 3 is 2.56 bits per heavy atom. The number of carbonyl (C=O) groups excluding carboxylic acids is 1. The number of aliphatic carboxylic acids is 1. The first kappa shape index (κ1) is 15.1. The highest BCUT2D eigenvalue weighted by Crippen LogP contribution is 2.25. The monoisotopic (exact) mass is 274 g/mol. The minimum atomic E-state index is -0.968. The minimum Gasteiger partial charge on any atom is -0.480 e. The smallest absolute Gasteiger partial charge is 0.323 e. The maximum absolute atomic E-state index is 12.4. The van der Waals surface area contributed by atoms with Gasteiger partial charge in [-0.25, -0.2) is 4.79 Å². The fraction of sp³-hybridized carbons (Fsp3) is 0.833. The summed E-state index contributed by atoms with van der Waals surface area (Å²) in [7, 11) is 0. The molecule has 104 valence electrons. The van der Waals surface area contributed by atoms with Gasteiger partial charge in [-0.2, -0.15) is 11.8 Å². The van der Waals surface area contributed by atoms with Gasteiger partial charge in [0.15, 0.2) is 0 Å². The van der Waals surface area contributed by atoms with Crippen LogP contribution in [-0.4, -0.2) is 63.1 Å². The summed E-state index contributed by atoms with van der Waals surface area (Å²) in [5.41, 5.74) is 0. The van der Waals surface area contributed by atoms with Crippen LogP contribution < -0.4 is 0 Å². The van der Waals surface area contributed by atoms with E-state index in [4.69, 9.17) is 5.11 Å². The van der Waals surface area contributed by atoms with Crippen LogP contribution in [0.4, 0.5) is 4.79 Å². The van der Waals surface area contributed by atoms with Crippen molar-refractivity contribution >= 4 is 23.8 Å². The number of carboxylic acid groups (broad SMARTS) is 1. The largest absolute Gasteiger partial charge is 0.480 e. The number of hydrogen-bond donors (Lipinski definition) is 1. The quantitative estimate of drug-likeness (QED) is 0.851. The normalized spacial score (nSPS) is 24.2. The molecule has 0 aromatic carbocycles. The van der Waals surface area contributed by atoms with E-state index in [9.17, 15) is 9.59 Å². The summed E-state index contributed by atoms with van der Waals surface area (Å²) in [5, 5.41) is 9.27. The molecular formula is C12H22N2O3S. The van der Waals surface area contributed by atoms with Crippen molar-refractivity contribution in [1.82, 2.24) is 9.80 Å². The lowest BCUT2D eigenvalue weighted by Crippen LogP contribution is -2.55. The Labute approximate surface area is 113 Å². The van der Waals surface area contributed by atoms with E-state index in [1.807, 2.05) is 32.5 Å². The van der Waals surface area contributed by atoms with E-state index in [1.54, 1.807) is 4.90 Å². The molecule has 5 nitrogen and oxygen atoms in total. The van der Waals surface area contributed by atoms with Crippen molar-refractivity contribution in [2.75, 3.05) is 18.8 Å². The van der Waals surface area contributed by atoms with Crippen molar-refractivity contribution in [3.63, 3.8) is 0 Å². The van der Waals surface area contributed by atoms with Crippen LogP contribution >= 0.6 is 11.8 Å². The van der Waals surface area contributed by atoms with Crippen molar-refractivity contribution in [3.05, 3.63) is 0 Å². The molecule has 1 aliphatic rings. The molecule has 2 atom stereocenters. The molecule has 1 N–H and O–H groups in total. The lowest BCUT2D eigenvalue weighted by atomic mass is 10.2. The summed E-state index contributed by atoms with van der Waals surface area (Å²) in [4.78, 5) is 26.5. The maximum Gasteiger partial charge on any atom is 0.323 e. The number of carbonyl (C=O) groups is 2. The molecule has 0 bridgehead atoms. The molecule has 0 aromatic heterocycles. The van der Waals surface area contributed by atoms with Crippen molar-refractivity contribution in [2.24, 2.45) is 0 Å². The number of nitrogens with zero attached hydrogens (tertiary/aromatic N) is 2. The number of carboxylic acids is 1. The Kier molecular flexibility index (Phi) is 5.31. The Balaban J connectivity index is 2.78. The van der Waals surface area contributed by atoms with Gasteiger partial charge in [-0.1, -0.05) is 6.92 Å². The molecule has 0 saturated carbocycles. The van der Waals surface area contributed by atoms with E-state index in [2.05, 4.69) is 6.92 Å². The molecular weight excluding hydrogens is 252 g/mol. The maximum atomic E-state index is 12.4. The number of thioether (sulfide) groups is 1. The molecule has 0 radical (unpaired) electrons. The highest BCUT2D eigenvalue weighted by atomic mass is 32.2. The van der Waals surface area contributed by atoms with Crippen LogP contribution in [0.1, 0.15) is 27.7 Å². The highest BCUT2D eigenvalue weighted by Gasteiger charge is 2.33. The fourth-order valence-electron chi connectivity index (χ4n) is 1.98. The second-order valence-electron chi connectivity index (χ2n) is 4.91. The Hall–Kier alpha value is -0.910. The topological polar surface area (TPSA) is 60.9 Å². The third kappa shape index (κ3) is 3.54. The Bertz CT molecular complexity index is 322. The fourth-order valence-corrected chi connectivity index (χ4v) is 3.08. The van der Waals surface area contributed by atoms with Crippen molar-refractivity contribution in [1.29, 1.82) is 0 Å². The lowest BCUT2D eigenvalue weighted by Gasteiger charge is -2.41. The van der Waals surface area contributed by atoms with E-state index in [1.165, 1.54) is 4.90 Å². The number of rotatable bonds is 3. The molecule has 1 fully saturated rings. The molecule has 0 spiro atoms. The summed E-state index contributed by atoms with van der Waals surface area (Å²) in [6.07, 6.45) is 0. The van der Waals surface area contributed by atoms with Crippen LogP contribution in [0.3, 0.4) is 0 Å². The molecule has 0 aromatic rings. The van der Waals surface area contributed by atoms with E-state index < -0.39 is 5.97 Å². The summed E-state index contributed by atoms with van der Waals surface area (Å²) in [6.45, 7) is 8.26. The summed E-state index contributed by atoms with van der Waals surface area (Å²) < 4.78 is 0. The van der Waals surface area contributed by atoms with E-state index >= 15 is 0 Å². The van der Waals surface area contributed by atoms with Crippen molar-refractivity contribution < 1.29 is 14.7 Å². The molecule has 0 aliphatic carbocycles. The van der Waals surface area contributed by atoms with E-state index in [0.717, 1.165) is 5.75 Å².